The minimum atomic E-state index is -1.28. The first kappa shape index (κ1) is 21.4. The average molecular weight is 355 g/mol. The summed E-state index contributed by atoms with van der Waals surface area (Å²) in [4.78, 5) is 0. The van der Waals surface area contributed by atoms with Gasteiger partial charge in [-0.25, -0.2) is 0 Å². The number of hydrogen-bond donors (Lipinski definition) is 2. The van der Waals surface area contributed by atoms with Crippen molar-refractivity contribution in [1.29, 1.82) is 0 Å². The fourth-order valence-corrected chi connectivity index (χ4v) is 3.17. The van der Waals surface area contributed by atoms with Crippen LogP contribution in [-0.2, 0) is 21.9 Å². The predicted octanol–water partition coefficient (Wildman–Crippen LogP) is 3.90. The Kier molecular flexibility index (Phi) is 11.3. The molecule has 0 heterocycles. The van der Waals surface area contributed by atoms with Gasteiger partial charge >= 0.3 is 0 Å². The zero-order valence-corrected chi connectivity index (χ0v) is 16.2. The predicted molar refractivity (Wildman–Crippen MR) is 102 cm³/mol. The Hall–Kier alpha value is -0.670. The van der Waals surface area contributed by atoms with E-state index < -0.39 is 14.2 Å². The molecule has 0 saturated carbocycles. The number of benzene rings is 1. The second-order valence-corrected chi connectivity index (χ2v) is 7.29. The molecule has 0 aliphatic heterocycles. The standard InChI is InChI=1S/C19H34NO3P/c1-2-3-4-5-6-7-8-17-9-11-18(12-10-17)13-14-19(20,15-21)16-23-24-22/h9-12,21H,2-8,13-16,20,24H2,1H3. The van der Waals surface area contributed by atoms with Crippen LogP contribution in [0.5, 0.6) is 0 Å². The van der Waals surface area contributed by atoms with Crippen molar-refractivity contribution in [2.75, 3.05) is 13.2 Å². The molecule has 0 radical (unpaired) electrons. The van der Waals surface area contributed by atoms with Crippen LogP contribution in [0.4, 0.5) is 0 Å². The van der Waals surface area contributed by atoms with Crippen molar-refractivity contribution in [3.8, 4) is 0 Å². The van der Waals surface area contributed by atoms with Crippen molar-refractivity contribution in [2.24, 2.45) is 5.73 Å². The molecule has 4 nitrogen and oxygen atoms in total. The molecule has 0 saturated heterocycles. The van der Waals surface area contributed by atoms with Crippen LogP contribution in [-0.4, -0.2) is 23.9 Å². The Morgan fingerprint density at radius 1 is 1.04 bits per heavy atom. The Balaban J connectivity index is 2.32. The van der Waals surface area contributed by atoms with Crippen molar-refractivity contribution < 1.29 is 14.2 Å². The van der Waals surface area contributed by atoms with Gasteiger partial charge in [0.2, 0.25) is 0 Å². The van der Waals surface area contributed by atoms with Gasteiger partial charge in [0.05, 0.1) is 18.8 Å². The summed E-state index contributed by atoms with van der Waals surface area (Å²) in [6.07, 6.45) is 10.5. The van der Waals surface area contributed by atoms with E-state index in [1.165, 1.54) is 49.7 Å². The van der Waals surface area contributed by atoms with Crippen molar-refractivity contribution in [3.63, 3.8) is 0 Å². The molecule has 0 bridgehead atoms. The maximum atomic E-state index is 10.5. The number of rotatable bonds is 14. The van der Waals surface area contributed by atoms with E-state index in [9.17, 15) is 9.67 Å². The summed E-state index contributed by atoms with van der Waals surface area (Å²) in [5.41, 5.74) is 7.86. The van der Waals surface area contributed by atoms with Crippen LogP contribution in [0, 0.1) is 0 Å². The molecule has 138 valence electrons. The monoisotopic (exact) mass is 355 g/mol. The molecule has 3 N–H and O–H groups in total. The Labute approximate surface area is 148 Å². The van der Waals surface area contributed by atoms with Crippen LogP contribution in [0.3, 0.4) is 0 Å². The minimum absolute atomic E-state index is 0.137. The highest BCUT2D eigenvalue weighted by Crippen LogP contribution is 2.16. The smallest absolute Gasteiger partial charge is 0.180 e. The zero-order valence-electron chi connectivity index (χ0n) is 15.0. The molecule has 0 aliphatic rings. The first-order valence-corrected chi connectivity index (χ1v) is 10.1. The molecule has 2 atom stereocenters. The Morgan fingerprint density at radius 2 is 1.62 bits per heavy atom. The van der Waals surface area contributed by atoms with Gasteiger partial charge in [-0.1, -0.05) is 63.3 Å². The van der Waals surface area contributed by atoms with Crippen LogP contribution >= 0.6 is 8.69 Å². The van der Waals surface area contributed by atoms with Crippen molar-refractivity contribution in [2.45, 2.75) is 70.3 Å². The van der Waals surface area contributed by atoms with Crippen molar-refractivity contribution in [3.05, 3.63) is 35.4 Å². The van der Waals surface area contributed by atoms with Gasteiger partial charge in [0.1, 0.15) is 0 Å². The molecule has 0 fully saturated rings. The summed E-state index contributed by atoms with van der Waals surface area (Å²) in [6, 6.07) is 8.67. The third-order valence-corrected chi connectivity index (χ3v) is 4.81. The van der Waals surface area contributed by atoms with E-state index in [0.29, 0.717) is 6.42 Å². The van der Waals surface area contributed by atoms with E-state index in [1.54, 1.807) is 0 Å². The van der Waals surface area contributed by atoms with Gasteiger partial charge in [-0.3, -0.25) is 4.57 Å². The molecule has 24 heavy (non-hydrogen) atoms. The first-order chi connectivity index (χ1) is 11.6. The SMILES string of the molecule is CCCCCCCCc1ccc(CCC(N)(CO)CO[PH2]=O)cc1. The lowest BCUT2D eigenvalue weighted by molar-refractivity contribution is 0.133. The molecule has 1 aromatic rings. The highest BCUT2D eigenvalue weighted by atomic mass is 31.1. The molecule has 0 aromatic heterocycles. The van der Waals surface area contributed by atoms with Gasteiger partial charge in [0.15, 0.2) is 8.69 Å². The molecule has 2 unspecified atom stereocenters. The van der Waals surface area contributed by atoms with Crippen LogP contribution in [0.25, 0.3) is 0 Å². The maximum Gasteiger partial charge on any atom is 0.180 e. The van der Waals surface area contributed by atoms with Crippen LogP contribution < -0.4 is 5.73 Å². The van der Waals surface area contributed by atoms with Crippen molar-refractivity contribution >= 4 is 8.69 Å². The summed E-state index contributed by atoms with van der Waals surface area (Å²) >= 11 is 0. The normalized spacial score (nSPS) is 14.3. The van der Waals surface area contributed by atoms with Gasteiger partial charge in [-0.05, 0) is 36.8 Å². The summed E-state index contributed by atoms with van der Waals surface area (Å²) in [6.45, 7) is 2.22. The minimum Gasteiger partial charge on any atom is -0.394 e. The molecule has 1 aromatic carbocycles. The van der Waals surface area contributed by atoms with E-state index in [2.05, 4.69) is 31.2 Å². The molecule has 0 spiro atoms. The number of aliphatic hydroxyl groups is 1. The van der Waals surface area contributed by atoms with Gasteiger partial charge in [-0.15, -0.1) is 0 Å². The highest BCUT2D eigenvalue weighted by molar-refractivity contribution is 7.17. The first-order valence-electron chi connectivity index (χ1n) is 9.16. The average Bonchev–Trinajstić information content (AvgIpc) is 2.62. The van der Waals surface area contributed by atoms with Gasteiger partial charge in [0, 0.05) is 0 Å². The summed E-state index contributed by atoms with van der Waals surface area (Å²) in [7, 11) is -1.28. The highest BCUT2D eigenvalue weighted by Gasteiger charge is 2.24. The quantitative estimate of drug-likeness (QED) is 0.392. The van der Waals surface area contributed by atoms with E-state index in [1.807, 2.05) is 0 Å². The lowest BCUT2D eigenvalue weighted by Crippen LogP contribution is -2.47. The number of nitrogens with two attached hydrogens (primary N) is 1. The molecule has 1 rings (SSSR count). The largest absolute Gasteiger partial charge is 0.394 e. The number of aryl methyl sites for hydroxylation is 2. The van der Waals surface area contributed by atoms with Crippen molar-refractivity contribution in [1.82, 2.24) is 0 Å². The third kappa shape index (κ3) is 8.98. The lowest BCUT2D eigenvalue weighted by Gasteiger charge is -2.25. The molecular weight excluding hydrogens is 321 g/mol. The van der Waals surface area contributed by atoms with E-state index in [0.717, 1.165) is 12.8 Å². The van der Waals surface area contributed by atoms with Crippen LogP contribution in [0.1, 0.15) is 63.0 Å². The van der Waals surface area contributed by atoms with E-state index >= 15 is 0 Å². The third-order valence-electron chi connectivity index (χ3n) is 4.51. The van der Waals surface area contributed by atoms with Gasteiger partial charge in [0.25, 0.3) is 0 Å². The van der Waals surface area contributed by atoms with E-state index in [4.69, 9.17) is 10.3 Å². The summed E-state index contributed by atoms with van der Waals surface area (Å²) in [5.74, 6) is 0. The van der Waals surface area contributed by atoms with Crippen LogP contribution in [0.15, 0.2) is 24.3 Å². The summed E-state index contributed by atoms with van der Waals surface area (Å²) < 4.78 is 15.4. The fraction of sp³-hybridized carbons (Fsp3) is 0.684. The van der Waals surface area contributed by atoms with E-state index in [-0.39, 0.29) is 13.2 Å². The molecule has 0 amide bonds. The number of aliphatic hydroxyl groups excluding tert-OH is 1. The zero-order chi connectivity index (χ0) is 17.7. The lowest BCUT2D eigenvalue weighted by atomic mass is 9.93. The topological polar surface area (TPSA) is 72.6 Å². The number of hydrogen-bond acceptors (Lipinski definition) is 4. The molecule has 0 aliphatic carbocycles. The number of unbranched alkanes of at least 4 members (excludes halogenated alkanes) is 5. The van der Waals surface area contributed by atoms with Crippen LogP contribution in [0.2, 0.25) is 0 Å². The second-order valence-electron chi connectivity index (χ2n) is 6.76. The Morgan fingerprint density at radius 3 is 2.21 bits per heavy atom. The fourth-order valence-electron chi connectivity index (χ4n) is 2.77. The molecular formula is C19H34NO3P. The summed E-state index contributed by atoms with van der Waals surface area (Å²) in [5, 5.41) is 9.41. The Bertz CT molecular complexity index is 452. The maximum absolute atomic E-state index is 10.5. The van der Waals surface area contributed by atoms with Gasteiger partial charge in [-0.2, -0.15) is 0 Å². The second kappa shape index (κ2) is 12.7. The van der Waals surface area contributed by atoms with Gasteiger partial charge < -0.3 is 15.4 Å². The molecule has 5 heteroatoms.